The van der Waals surface area contributed by atoms with Gasteiger partial charge in [-0.05, 0) is 55.3 Å². The van der Waals surface area contributed by atoms with Crippen LogP contribution in [0.1, 0.15) is 24.8 Å². The minimum absolute atomic E-state index is 0. The van der Waals surface area contributed by atoms with Crippen molar-refractivity contribution in [2.75, 3.05) is 20.1 Å². The lowest BCUT2D eigenvalue weighted by Crippen LogP contribution is -2.26. The Morgan fingerprint density at radius 3 is 2.81 bits per heavy atom. The van der Waals surface area contributed by atoms with E-state index in [1.807, 2.05) is 7.05 Å². The van der Waals surface area contributed by atoms with E-state index in [0.29, 0.717) is 6.42 Å². The van der Waals surface area contributed by atoms with Gasteiger partial charge in [0.15, 0.2) is 0 Å². The van der Waals surface area contributed by atoms with E-state index in [1.165, 1.54) is 15.6 Å². The number of thiophene rings is 1. The highest BCUT2D eigenvalue weighted by molar-refractivity contribution is 7.17. The zero-order valence-electron chi connectivity index (χ0n) is 12.4. The second kappa shape index (κ2) is 9.77. The Balaban J connectivity index is 0.00000220. The van der Waals surface area contributed by atoms with Crippen molar-refractivity contribution >= 4 is 39.7 Å². The van der Waals surface area contributed by atoms with Crippen LogP contribution in [0.2, 0.25) is 0 Å². The van der Waals surface area contributed by atoms with Crippen LogP contribution in [0.5, 0.6) is 0 Å². The molecule has 0 saturated heterocycles. The number of hydrogen-bond acceptors (Lipinski definition) is 3. The summed E-state index contributed by atoms with van der Waals surface area (Å²) in [4.78, 5) is 11.7. The Labute approximate surface area is 136 Å². The van der Waals surface area contributed by atoms with E-state index in [1.54, 1.807) is 11.3 Å². The molecule has 116 valence electrons. The standard InChI is InChI=1S/C16H22N2OS.ClH/c1-17-10-5-11-18-16(19)9-4-6-13-12-20-15-8-3-2-7-14(13)15;/h2-3,7-8,12,17H,4-6,9-11H2,1H3,(H,18,19);1H. The molecule has 0 bridgehead atoms. The number of benzene rings is 1. The van der Waals surface area contributed by atoms with Crippen molar-refractivity contribution in [2.45, 2.75) is 25.7 Å². The minimum Gasteiger partial charge on any atom is -0.356 e. The lowest BCUT2D eigenvalue weighted by molar-refractivity contribution is -0.121. The summed E-state index contributed by atoms with van der Waals surface area (Å²) < 4.78 is 1.33. The van der Waals surface area contributed by atoms with Gasteiger partial charge in [-0.15, -0.1) is 23.7 Å². The predicted molar refractivity (Wildman–Crippen MR) is 93.6 cm³/mol. The average molecular weight is 327 g/mol. The van der Waals surface area contributed by atoms with Gasteiger partial charge >= 0.3 is 0 Å². The zero-order chi connectivity index (χ0) is 14.2. The molecule has 0 atom stereocenters. The van der Waals surface area contributed by atoms with Crippen LogP contribution >= 0.6 is 23.7 Å². The number of hydrogen-bond donors (Lipinski definition) is 2. The first-order valence-electron chi connectivity index (χ1n) is 7.17. The summed E-state index contributed by atoms with van der Waals surface area (Å²) in [5.41, 5.74) is 1.37. The summed E-state index contributed by atoms with van der Waals surface area (Å²) >= 11 is 1.78. The summed E-state index contributed by atoms with van der Waals surface area (Å²) in [5, 5.41) is 9.59. The predicted octanol–water partition coefficient (Wildman–Crippen LogP) is 3.37. The Morgan fingerprint density at radius 2 is 2.00 bits per heavy atom. The number of fused-ring (bicyclic) bond motifs is 1. The molecule has 0 spiro atoms. The number of carbonyl (C=O) groups excluding carboxylic acids is 1. The fourth-order valence-corrected chi connectivity index (χ4v) is 3.24. The third-order valence-corrected chi connectivity index (χ3v) is 4.35. The van der Waals surface area contributed by atoms with Crippen molar-refractivity contribution in [1.82, 2.24) is 10.6 Å². The first kappa shape index (κ1) is 18.0. The molecule has 0 aliphatic heterocycles. The molecule has 2 N–H and O–H groups in total. The molecule has 0 fully saturated rings. The summed E-state index contributed by atoms with van der Waals surface area (Å²) in [6.07, 6.45) is 3.49. The fraction of sp³-hybridized carbons (Fsp3) is 0.438. The van der Waals surface area contributed by atoms with Gasteiger partial charge in [0.1, 0.15) is 0 Å². The minimum atomic E-state index is 0. The van der Waals surface area contributed by atoms with Gasteiger partial charge in [0, 0.05) is 17.7 Å². The average Bonchev–Trinajstić information content (AvgIpc) is 2.87. The van der Waals surface area contributed by atoms with Crippen molar-refractivity contribution in [2.24, 2.45) is 0 Å². The van der Waals surface area contributed by atoms with Crippen LogP contribution in [0, 0.1) is 0 Å². The Morgan fingerprint density at radius 1 is 1.19 bits per heavy atom. The van der Waals surface area contributed by atoms with Gasteiger partial charge in [0.25, 0.3) is 0 Å². The van der Waals surface area contributed by atoms with Crippen LogP contribution in [-0.4, -0.2) is 26.0 Å². The maximum absolute atomic E-state index is 11.7. The van der Waals surface area contributed by atoms with Crippen molar-refractivity contribution in [3.05, 3.63) is 35.2 Å². The van der Waals surface area contributed by atoms with E-state index in [0.717, 1.165) is 32.4 Å². The quantitative estimate of drug-likeness (QED) is 0.730. The number of halogens is 1. The van der Waals surface area contributed by atoms with Crippen molar-refractivity contribution in [3.63, 3.8) is 0 Å². The van der Waals surface area contributed by atoms with E-state index in [2.05, 4.69) is 40.3 Å². The lowest BCUT2D eigenvalue weighted by Gasteiger charge is -2.04. The van der Waals surface area contributed by atoms with Crippen molar-refractivity contribution in [1.29, 1.82) is 0 Å². The van der Waals surface area contributed by atoms with Crippen LogP contribution in [0.3, 0.4) is 0 Å². The van der Waals surface area contributed by atoms with Gasteiger partial charge in [-0.2, -0.15) is 0 Å². The highest BCUT2D eigenvalue weighted by Crippen LogP contribution is 2.26. The molecule has 0 radical (unpaired) electrons. The molecule has 1 aromatic carbocycles. The number of aryl methyl sites for hydroxylation is 1. The molecule has 0 aliphatic rings. The summed E-state index contributed by atoms with van der Waals surface area (Å²) in [5.74, 6) is 0.167. The summed E-state index contributed by atoms with van der Waals surface area (Å²) in [7, 11) is 1.92. The molecule has 1 heterocycles. The maximum atomic E-state index is 11.7. The molecule has 0 saturated carbocycles. The van der Waals surface area contributed by atoms with Crippen LogP contribution < -0.4 is 10.6 Å². The molecule has 2 aromatic rings. The van der Waals surface area contributed by atoms with E-state index in [9.17, 15) is 4.79 Å². The molecule has 1 amide bonds. The molecule has 0 unspecified atom stereocenters. The smallest absolute Gasteiger partial charge is 0.220 e. The van der Waals surface area contributed by atoms with Crippen molar-refractivity contribution in [3.8, 4) is 0 Å². The van der Waals surface area contributed by atoms with Crippen LogP contribution in [-0.2, 0) is 11.2 Å². The molecule has 3 nitrogen and oxygen atoms in total. The summed E-state index contributed by atoms with van der Waals surface area (Å²) in [6, 6.07) is 8.46. The molecule has 2 rings (SSSR count). The first-order chi connectivity index (χ1) is 9.81. The second-order valence-corrected chi connectivity index (χ2v) is 5.83. The largest absolute Gasteiger partial charge is 0.356 e. The Kier molecular flexibility index (Phi) is 8.35. The van der Waals surface area contributed by atoms with Crippen LogP contribution in [0.4, 0.5) is 0 Å². The molecule has 0 aliphatic carbocycles. The highest BCUT2D eigenvalue weighted by atomic mass is 35.5. The third-order valence-electron chi connectivity index (χ3n) is 3.34. The topological polar surface area (TPSA) is 41.1 Å². The molecular formula is C16H23ClN2OS. The van der Waals surface area contributed by atoms with Crippen LogP contribution in [0.25, 0.3) is 10.1 Å². The van der Waals surface area contributed by atoms with Gasteiger partial charge in [0.2, 0.25) is 5.91 Å². The van der Waals surface area contributed by atoms with Crippen LogP contribution in [0.15, 0.2) is 29.6 Å². The molecular weight excluding hydrogens is 304 g/mol. The van der Waals surface area contributed by atoms with Gasteiger partial charge < -0.3 is 10.6 Å². The van der Waals surface area contributed by atoms with E-state index in [4.69, 9.17) is 0 Å². The van der Waals surface area contributed by atoms with Gasteiger partial charge in [0.05, 0.1) is 0 Å². The first-order valence-corrected chi connectivity index (χ1v) is 8.05. The maximum Gasteiger partial charge on any atom is 0.220 e. The Hall–Kier alpha value is -1.10. The second-order valence-electron chi connectivity index (χ2n) is 4.92. The SMILES string of the molecule is CNCCCNC(=O)CCCc1csc2ccccc12.Cl. The number of amides is 1. The fourth-order valence-electron chi connectivity index (χ4n) is 2.25. The van der Waals surface area contributed by atoms with Crippen molar-refractivity contribution < 1.29 is 4.79 Å². The molecule has 1 aromatic heterocycles. The number of rotatable bonds is 8. The Bertz CT molecular complexity index is 556. The van der Waals surface area contributed by atoms with Gasteiger partial charge in [-0.3, -0.25) is 4.79 Å². The third kappa shape index (κ3) is 5.65. The normalized spacial score (nSPS) is 10.3. The molecule has 5 heteroatoms. The molecule has 21 heavy (non-hydrogen) atoms. The number of nitrogens with one attached hydrogen (secondary N) is 2. The monoisotopic (exact) mass is 326 g/mol. The van der Waals surface area contributed by atoms with Gasteiger partial charge in [-0.1, -0.05) is 18.2 Å². The summed E-state index contributed by atoms with van der Waals surface area (Å²) in [6.45, 7) is 1.71. The van der Waals surface area contributed by atoms with E-state index >= 15 is 0 Å². The van der Waals surface area contributed by atoms with E-state index < -0.39 is 0 Å². The zero-order valence-corrected chi connectivity index (χ0v) is 14.0. The lowest BCUT2D eigenvalue weighted by atomic mass is 10.1. The van der Waals surface area contributed by atoms with E-state index in [-0.39, 0.29) is 18.3 Å². The number of carbonyl (C=O) groups is 1. The van der Waals surface area contributed by atoms with Gasteiger partial charge in [-0.25, -0.2) is 0 Å². The highest BCUT2D eigenvalue weighted by Gasteiger charge is 2.05.